The van der Waals surface area contributed by atoms with E-state index in [0.29, 0.717) is 11.6 Å². The van der Waals surface area contributed by atoms with Gasteiger partial charge in [0.25, 0.3) is 0 Å². The molecule has 1 aromatic carbocycles. The molecular formula is C13H13N5O. The van der Waals surface area contributed by atoms with E-state index in [-0.39, 0.29) is 5.84 Å². The lowest BCUT2D eigenvalue weighted by atomic mass is 10.2. The fraction of sp³-hybridized carbons (Fsp3) is 0.154. The second-order valence-corrected chi connectivity index (χ2v) is 4.26. The number of para-hydroxylation sites is 1. The molecule has 1 aromatic heterocycles. The predicted molar refractivity (Wildman–Crippen MR) is 71.7 cm³/mol. The fourth-order valence-corrected chi connectivity index (χ4v) is 2.22. The quantitative estimate of drug-likeness (QED) is 0.365. The molecule has 2 heterocycles. The van der Waals surface area contributed by atoms with E-state index in [1.165, 1.54) is 5.56 Å². The van der Waals surface area contributed by atoms with Crippen LogP contribution in [0.5, 0.6) is 0 Å². The lowest BCUT2D eigenvalue weighted by molar-refractivity contribution is 0.318. The largest absolute Gasteiger partial charge is 0.409 e. The van der Waals surface area contributed by atoms with Crippen molar-refractivity contribution in [3.8, 4) is 0 Å². The van der Waals surface area contributed by atoms with E-state index in [0.717, 1.165) is 18.7 Å². The van der Waals surface area contributed by atoms with Gasteiger partial charge in [0, 0.05) is 18.4 Å². The van der Waals surface area contributed by atoms with Gasteiger partial charge in [0.1, 0.15) is 5.69 Å². The minimum Gasteiger partial charge on any atom is -0.409 e. The average Bonchev–Trinajstić information content (AvgIpc) is 2.90. The summed E-state index contributed by atoms with van der Waals surface area (Å²) in [6, 6.07) is 9.77. The summed E-state index contributed by atoms with van der Waals surface area (Å²) in [5, 5.41) is 11.6. The Balaban J connectivity index is 2.00. The number of amidine groups is 1. The molecule has 0 amide bonds. The molecule has 0 aliphatic carbocycles. The van der Waals surface area contributed by atoms with Crippen molar-refractivity contribution in [3.63, 3.8) is 0 Å². The molecule has 2 aromatic rings. The monoisotopic (exact) mass is 255 g/mol. The molecule has 0 spiro atoms. The molecule has 96 valence electrons. The standard InChI is InChI=1S/C13H13N5O/c14-12(17-19)10-5-7-15-13(16-10)18-8-6-9-3-1-2-4-11(9)18/h1-5,7,19H,6,8H2,(H2,14,17). The van der Waals surface area contributed by atoms with Gasteiger partial charge < -0.3 is 15.8 Å². The number of nitrogens with two attached hydrogens (primary N) is 1. The molecule has 19 heavy (non-hydrogen) atoms. The van der Waals surface area contributed by atoms with E-state index in [1.54, 1.807) is 12.3 Å². The van der Waals surface area contributed by atoms with Crippen molar-refractivity contribution in [2.24, 2.45) is 10.9 Å². The van der Waals surface area contributed by atoms with Crippen molar-refractivity contribution in [2.75, 3.05) is 11.4 Å². The number of nitrogens with zero attached hydrogens (tertiary/aromatic N) is 4. The summed E-state index contributed by atoms with van der Waals surface area (Å²) in [7, 11) is 0. The van der Waals surface area contributed by atoms with Crippen molar-refractivity contribution in [2.45, 2.75) is 6.42 Å². The summed E-state index contributed by atoms with van der Waals surface area (Å²) >= 11 is 0. The van der Waals surface area contributed by atoms with Crippen LogP contribution in [0.3, 0.4) is 0 Å². The molecular weight excluding hydrogens is 242 g/mol. The number of anilines is 2. The highest BCUT2D eigenvalue weighted by molar-refractivity contribution is 5.95. The van der Waals surface area contributed by atoms with Gasteiger partial charge in [0.15, 0.2) is 5.84 Å². The Kier molecular flexibility index (Phi) is 2.75. The number of rotatable bonds is 2. The highest BCUT2D eigenvalue weighted by Gasteiger charge is 2.22. The van der Waals surface area contributed by atoms with Crippen molar-refractivity contribution in [3.05, 3.63) is 47.8 Å². The number of oxime groups is 1. The zero-order valence-corrected chi connectivity index (χ0v) is 10.2. The van der Waals surface area contributed by atoms with Crippen LogP contribution in [-0.2, 0) is 6.42 Å². The smallest absolute Gasteiger partial charge is 0.230 e. The normalized spacial score (nSPS) is 14.5. The third-order valence-electron chi connectivity index (χ3n) is 3.14. The van der Waals surface area contributed by atoms with Crippen molar-refractivity contribution >= 4 is 17.5 Å². The first-order chi connectivity index (χ1) is 9.29. The van der Waals surface area contributed by atoms with Crippen LogP contribution >= 0.6 is 0 Å². The Hall–Kier alpha value is -2.63. The summed E-state index contributed by atoms with van der Waals surface area (Å²) in [5.74, 6) is 0.546. The molecule has 1 aliphatic rings. The Morgan fingerprint density at radius 3 is 3.00 bits per heavy atom. The number of hydrogen-bond donors (Lipinski definition) is 2. The summed E-state index contributed by atoms with van der Waals surface area (Å²) in [4.78, 5) is 10.6. The molecule has 1 aliphatic heterocycles. The summed E-state index contributed by atoms with van der Waals surface area (Å²) in [5.41, 5.74) is 8.35. The molecule has 0 saturated heterocycles. The molecule has 3 rings (SSSR count). The van der Waals surface area contributed by atoms with Crippen LogP contribution < -0.4 is 10.6 Å². The molecule has 0 unspecified atom stereocenters. The van der Waals surface area contributed by atoms with Gasteiger partial charge in [-0.1, -0.05) is 23.4 Å². The van der Waals surface area contributed by atoms with E-state index in [1.807, 2.05) is 23.1 Å². The average molecular weight is 255 g/mol. The Morgan fingerprint density at radius 1 is 1.32 bits per heavy atom. The van der Waals surface area contributed by atoms with Crippen molar-refractivity contribution in [1.29, 1.82) is 0 Å². The van der Waals surface area contributed by atoms with E-state index in [2.05, 4.69) is 21.2 Å². The molecule has 6 heteroatoms. The molecule has 3 N–H and O–H groups in total. The Morgan fingerprint density at radius 2 is 2.16 bits per heavy atom. The van der Waals surface area contributed by atoms with Crippen LogP contribution in [0.4, 0.5) is 11.6 Å². The molecule has 6 nitrogen and oxygen atoms in total. The predicted octanol–water partition coefficient (Wildman–Crippen LogP) is 1.27. The highest BCUT2D eigenvalue weighted by Crippen LogP contribution is 2.31. The molecule has 0 fully saturated rings. The van der Waals surface area contributed by atoms with Crippen molar-refractivity contribution < 1.29 is 5.21 Å². The van der Waals surface area contributed by atoms with Crippen LogP contribution in [0.15, 0.2) is 41.7 Å². The van der Waals surface area contributed by atoms with Gasteiger partial charge in [0.2, 0.25) is 5.95 Å². The second-order valence-electron chi connectivity index (χ2n) is 4.26. The van der Waals surface area contributed by atoms with E-state index < -0.39 is 0 Å². The maximum atomic E-state index is 8.69. The summed E-state index contributed by atoms with van der Waals surface area (Å²) < 4.78 is 0. The number of fused-ring (bicyclic) bond motifs is 1. The lowest BCUT2D eigenvalue weighted by Crippen LogP contribution is -2.20. The molecule has 0 saturated carbocycles. The van der Waals surface area contributed by atoms with Gasteiger partial charge in [-0.05, 0) is 24.1 Å². The minimum atomic E-state index is -0.0175. The van der Waals surface area contributed by atoms with Crippen LogP contribution in [0.25, 0.3) is 0 Å². The van der Waals surface area contributed by atoms with Crippen LogP contribution in [-0.4, -0.2) is 27.6 Å². The zero-order valence-electron chi connectivity index (χ0n) is 10.2. The first-order valence-electron chi connectivity index (χ1n) is 5.96. The number of aromatic nitrogens is 2. The lowest BCUT2D eigenvalue weighted by Gasteiger charge is -2.17. The SMILES string of the molecule is N/C(=N/O)c1ccnc(N2CCc3ccccc32)n1. The zero-order chi connectivity index (χ0) is 13.2. The number of hydrogen-bond acceptors (Lipinski definition) is 5. The van der Waals surface area contributed by atoms with Gasteiger partial charge in [0.05, 0.1) is 0 Å². The Bertz CT molecular complexity index is 640. The fourth-order valence-electron chi connectivity index (χ4n) is 2.22. The molecule has 0 atom stereocenters. The molecule has 0 bridgehead atoms. The van der Waals surface area contributed by atoms with Gasteiger partial charge in [-0.2, -0.15) is 0 Å². The third kappa shape index (κ3) is 1.97. The first kappa shape index (κ1) is 11.5. The highest BCUT2D eigenvalue weighted by atomic mass is 16.4. The van der Waals surface area contributed by atoms with E-state index >= 15 is 0 Å². The van der Waals surface area contributed by atoms with Crippen molar-refractivity contribution in [1.82, 2.24) is 9.97 Å². The maximum Gasteiger partial charge on any atom is 0.230 e. The second kappa shape index (κ2) is 4.56. The number of benzene rings is 1. The third-order valence-corrected chi connectivity index (χ3v) is 3.14. The topological polar surface area (TPSA) is 87.6 Å². The minimum absolute atomic E-state index is 0.0175. The van der Waals surface area contributed by atoms with E-state index in [9.17, 15) is 0 Å². The maximum absolute atomic E-state index is 8.69. The Labute approximate surface area is 110 Å². The van der Waals surface area contributed by atoms with Gasteiger partial charge in [-0.3, -0.25) is 0 Å². The van der Waals surface area contributed by atoms with Crippen LogP contribution in [0.2, 0.25) is 0 Å². The van der Waals surface area contributed by atoms with E-state index in [4.69, 9.17) is 10.9 Å². The molecule has 0 radical (unpaired) electrons. The van der Waals surface area contributed by atoms with Gasteiger partial charge in [-0.25, -0.2) is 9.97 Å². The summed E-state index contributed by atoms with van der Waals surface area (Å²) in [6.07, 6.45) is 2.57. The first-order valence-corrected chi connectivity index (χ1v) is 5.96. The van der Waals surface area contributed by atoms with Crippen LogP contribution in [0.1, 0.15) is 11.3 Å². The van der Waals surface area contributed by atoms with Crippen LogP contribution in [0, 0.1) is 0 Å². The van der Waals surface area contributed by atoms with Gasteiger partial charge in [-0.15, -0.1) is 0 Å². The summed E-state index contributed by atoms with van der Waals surface area (Å²) in [6.45, 7) is 0.832. The van der Waals surface area contributed by atoms with Gasteiger partial charge >= 0.3 is 0 Å².